The molecule has 10 heteroatoms. The number of amides is 3. The fraction of sp³-hybridized carbons (Fsp3) is 0.0526. The quantitative estimate of drug-likeness (QED) is 0.528. The summed E-state index contributed by atoms with van der Waals surface area (Å²) in [7, 11) is 1.42. The molecule has 3 rings (SSSR count). The maximum absolute atomic E-state index is 13.7. The predicted octanol–water partition coefficient (Wildman–Crippen LogP) is 2.55. The van der Waals surface area contributed by atoms with E-state index in [1.165, 1.54) is 37.6 Å². The van der Waals surface area contributed by atoms with Gasteiger partial charge in [-0.15, -0.1) is 0 Å². The Hall–Kier alpha value is -4.08. The maximum atomic E-state index is 13.7. The van der Waals surface area contributed by atoms with Gasteiger partial charge in [-0.2, -0.15) is 0 Å². The molecule has 0 saturated carbocycles. The van der Waals surface area contributed by atoms with Crippen LogP contribution in [0.3, 0.4) is 0 Å². The summed E-state index contributed by atoms with van der Waals surface area (Å²) in [6.07, 6.45) is 1.22. The molecule has 4 N–H and O–H groups in total. The first-order chi connectivity index (χ1) is 13.9. The maximum Gasteiger partial charge on any atom is 0.276 e. The van der Waals surface area contributed by atoms with Crippen LogP contribution in [0, 0.1) is 11.6 Å². The van der Waals surface area contributed by atoms with Crippen molar-refractivity contribution >= 4 is 29.1 Å². The van der Waals surface area contributed by atoms with Crippen molar-refractivity contribution in [2.75, 3.05) is 17.7 Å². The van der Waals surface area contributed by atoms with E-state index in [-0.39, 0.29) is 17.1 Å². The number of hydrogen-bond acceptors (Lipinski definition) is 4. The summed E-state index contributed by atoms with van der Waals surface area (Å²) < 4.78 is 27.4. The van der Waals surface area contributed by atoms with Gasteiger partial charge in [0.05, 0.1) is 6.33 Å². The number of halogens is 2. The molecule has 1 heterocycles. The highest BCUT2D eigenvalue weighted by molar-refractivity contribution is 6.10. The highest BCUT2D eigenvalue weighted by Crippen LogP contribution is 2.18. The Bertz CT molecular complexity index is 1060. The number of aromatic nitrogens is 2. The summed E-state index contributed by atoms with van der Waals surface area (Å²) in [6, 6.07) is 8.95. The summed E-state index contributed by atoms with van der Waals surface area (Å²) in [6.45, 7) is 0. The van der Waals surface area contributed by atoms with Crippen molar-refractivity contribution < 1.29 is 23.2 Å². The summed E-state index contributed by atoms with van der Waals surface area (Å²) in [5.74, 6) is -4.00. The molecule has 2 aromatic carbocycles. The molecule has 0 aliphatic carbocycles. The average molecular weight is 399 g/mol. The molecule has 1 aromatic heterocycles. The van der Waals surface area contributed by atoms with E-state index < -0.39 is 34.9 Å². The van der Waals surface area contributed by atoms with Crippen molar-refractivity contribution in [3.05, 3.63) is 77.4 Å². The van der Waals surface area contributed by atoms with Gasteiger partial charge in [0.2, 0.25) is 0 Å². The fourth-order valence-electron chi connectivity index (χ4n) is 2.50. The number of hydrogen-bond donors (Lipinski definition) is 4. The summed E-state index contributed by atoms with van der Waals surface area (Å²) in [4.78, 5) is 42.5. The number of carbonyl (C=O) groups is 3. The molecule has 8 nitrogen and oxygen atoms in total. The Morgan fingerprint density at radius 3 is 1.97 bits per heavy atom. The molecular weight excluding hydrogens is 384 g/mol. The van der Waals surface area contributed by atoms with Crippen LogP contribution in [0.1, 0.15) is 31.3 Å². The number of aromatic amines is 1. The molecule has 3 aromatic rings. The second-order valence-corrected chi connectivity index (χ2v) is 5.79. The lowest BCUT2D eigenvalue weighted by atomic mass is 10.1. The van der Waals surface area contributed by atoms with Crippen LogP contribution in [-0.4, -0.2) is 34.7 Å². The summed E-state index contributed by atoms with van der Waals surface area (Å²) in [5, 5.41) is 7.33. The zero-order valence-corrected chi connectivity index (χ0v) is 15.0. The van der Waals surface area contributed by atoms with Crippen molar-refractivity contribution in [1.82, 2.24) is 15.3 Å². The van der Waals surface area contributed by atoms with E-state index in [9.17, 15) is 23.2 Å². The molecule has 29 heavy (non-hydrogen) atoms. The molecule has 0 saturated heterocycles. The van der Waals surface area contributed by atoms with Crippen LogP contribution in [0.25, 0.3) is 0 Å². The minimum atomic E-state index is -0.975. The van der Waals surface area contributed by atoms with E-state index in [2.05, 4.69) is 25.9 Å². The van der Waals surface area contributed by atoms with Gasteiger partial charge in [0.25, 0.3) is 17.7 Å². The number of benzene rings is 2. The van der Waals surface area contributed by atoms with Crippen LogP contribution in [0.4, 0.5) is 20.2 Å². The SMILES string of the molecule is CNC(=O)c1[nH]cnc1C(=O)Nc1ccc(NC(=O)c2c(F)cccc2F)cc1. The molecule has 148 valence electrons. The average Bonchev–Trinajstić information content (AvgIpc) is 3.19. The smallest absolute Gasteiger partial charge is 0.276 e. The molecular formula is C19H15F2N5O3. The van der Waals surface area contributed by atoms with Gasteiger partial charge in [-0.05, 0) is 36.4 Å². The van der Waals surface area contributed by atoms with Crippen LogP contribution < -0.4 is 16.0 Å². The molecule has 0 unspecified atom stereocenters. The second kappa shape index (κ2) is 8.30. The Labute approximate surface area is 163 Å². The van der Waals surface area contributed by atoms with E-state index in [1.807, 2.05) is 0 Å². The number of rotatable bonds is 5. The van der Waals surface area contributed by atoms with E-state index in [0.29, 0.717) is 5.69 Å². The first-order valence-electron chi connectivity index (χ1n) is 8.33. The third-order valence-electron chi connectivity index (χ3n) is 3.90. The highest BCUT2D eigenvalue weighted by atomic mass is 19.1. The fourth-order valence-corrected chi connectivity index (χ4v) is 2.50. The minimum Gasteiger partial charge on any atom is -0.354 e. The number of imidazole rings is 1. The molecule has 0 atom stereocenters. The Kier molecular flexibility index (Phi) is 5.63. The molecule has 0 bridgehead atoms. The molecule has 3 amide bonds. The molecule has 0 aliphatic rings. The van der Waals surface area contributed by atoms with Gasteiger partial charge in [-0.1, -0.05) is 6.07 Å². The van der Waals surface area contributed by atoms with Crippen LogP contribution in [0.2, 0.25) is 0 Å². The molecule has 0 fully saturated rings. The van der Waals surface area contributed by atoms with E-state index in [4.69, 9.17) is 0 Å². The van der Waals surface area contributed by atoms with Crippen molar-refractivity contribution in [3.63, 3.8) is 0 Å². The zero-order valence-electron chi connectivity index (χ0n) is 15.0. The lowest BCUT2D eigenvalue weighted by molar-refractivity contribution is 0.0943. The molecule has 0 radical (unpaired) electrons. The number of anilines is 2. The first kappa shape index (κ1) is 19.7. The second-order valence-electron chi connectivity index (χ2n) is 5.79. The van der Waals surface area contributed by atoms with E-state index in [0.717, 1.165) is 18.2 Å². The monoisotopic (exact) mass is 399 g/mol. The standard InChI is InChI=1S/C19H15F2N5O3/c1-22-18(28)15-16(24-9-23-15)19(29)26-11-7-5-10(6-8-11)25-17(27)14-12(20)3-2-4-13(14)21/h2-9H,1H3,(H,22,28)(H,23,24)(H,25,27)(H,26,29). The molecule has 0 aliphatic heterocycles. The van der Waals surface area contributed by atoms with Gasteiger partial charge < -0.3 is 20.9 Å². The summed E-state index contributed by atoms with van der Waals surface area (Å²) in [5.41, 5.74) is -0.139. The number of nitrogens with zero attached hydrogens (tertiary/aromatic N) is 1. The van der Waals surface area contributed by atoms with Crippen molar-refractivity contribution in [2.45, 2.75) is 0 Å². The molecule has 0 spiro atoms. The first-order valence-corrected chi connectivity index (χ1v) is 8.33. The predicted molar refractivity (Wildman–Crippen MR) is 101 cm³/mol. The Morgan fingerprint density at radius 2 is 1.41 bits per heavy atom. The van der Waals surface area contributed by atoms with Gasteiger partial charge in [0.15, 0.2) is 5.69 Å². The highest BCUT2D eigenvalue weighted by Gasteiger charge is 2.20. The van der Waals surface area contributed by atoms with Crippen molar-refractivity contribution in [2.24, 2.45) is 0 Å². The van der Waals surface area contributed by atoms with E-state index in [1.54, 1.807) is 0 Å². The van der Waals surface area contributed by atoms with Gasteiger partial charge in [-0.25, -0.2) is 13.8 Å². The number of nitrogens with one attached hydrogen (secondary N) is 4. The van der Waals surface area contributed by atoms with E-state index >= 15 is 0 Å². The van der Waals surface area contributed by atoms with Crippen LogP contribution >= 0.6 is 0 Å². The third kappa shape index (κ3) is 4.26. The third-order valence-corrected chi connectivity index (χ3v) is 3.90. The topological polar surface area (TPSA) is 116 Å². The van der Waals surface area contributed by atoms with Crippen LogP contribution in [0.15, 0.2) is 48.8 Å². The number of H-pyrrole nitrogens is 1. The summed E-state index contributed by atoms with van der Waals surface area (Å²) >= 11 is 0. The number of carbonyl (C=O) groups excluding carboxylic acids is 3. The van der Waals surface area contributed by atoms with Gasteiger partial charge in [-0.3, -0.25) is 14.4 Å². The zero-order chi connectivity index (χ0) is 21.0. The van der Waals surface area contributed by atoms with Crippen LogP contribution in [-0.2, 0) is 0 Å². The van der Waals surface area contributed by atoms with Gasteiger partial charge in [0, 0.05) is 18.4 Å². The largest absolute Gasteiger partial charge is 0.354 e. The van der Waals surface area contributed by atoms with Crippen molar-refractivity contribution in [1.29, 1.82) is 0 Å². The Morgan fingerprint density at radius 1 is 0.862 bits per heavy atom. The Balaban J connectivity index is 1.69. The van der Waals surface area contributed by atoms with Gasteiger partial charge >= 0.3 is 0 Å². The van der Waals surface area contributed by atoms with Crippen molar-refractivity contribution in [3.8, 4) is 0 Å². The minimum absolute atomic E-state index is 0.0146. The van der Waals surface area contributed by atoms with Crippen LogP contribution in [0.5, 0.6) is 0 Å². The normalized spacial score (nSPS) is 10.3. The van der Waals surface area contributed by atoms with Gasteiger partial charge in [0.1, 0.15) is 22.9 Å². The lowest BCUT2D eigenvalue weighted by Gasteiger charge is -2.09. The lowest BCUT2D eigenvalue weighted by Crippen LogP contribution is -2.23.